The molecule has 0 aliphatic carbocycles. The van der Waals surface area contributed by atoms with Gasteiger partial charge in [-0.05, 0) is 17.7 Å². The Bertz CT molecular complexity index is 406. The lowest BCUT2D eigenvalue weighted by molar-refractivity contribution is 0.0996. The molecule has 1 aliphatic heterocycles. The average Bonchev–Trinajstić information content (AvgIpc) is 2.74. The van der Waals surface area contributed by atoms with Gasteiger partial charge in [0.05, 0.1) is 12.1 Å². The molecule has 5 heteroatoms. The zero-order valence-electron chi connectivity index (χ0n) is 7.96. The van der Waals surface area contributed by atoms with Crippen LogP contribution in [0.5, 0.6) is 11.5 Å². The summed E-state index contributed by atoms with van der Waals surface area (Å²) in [4.78, 5) is 11.5. The van der Waals surface area contributed by atoms with Crippen molar-refractivity contribution in [3.05, 3.63) is 23.3 Å². The van der Waals surface area contributed by atoms with Gasteiger partial charge in [0, 0.05) is 0 Å². The predicted octanol–water partition coefficient (Wildman–Crippen LogP) is 1.03. The smallest absolute Gasteiger partial charge is 0.231 e. The number of hydrogen-bond donors (Lipinski definition) is 1. The van der Waals surface area contributed by atoms with Crippen LogP contribution in [0.2, 0.25) is 0 Å². The third kappa shape index (κ3) is 1.66. The van der Waals surface area contributed by atoms with Gasteiger partial charge in [0.15, 0.2) is 17.3 Å². The number of rotatable bonds is 3. The lowest BCUT2D eigenvalue weighted by atomic mass is 10.1. The number of fused-ring (bicyclic) bond motifs is 1. The molecule has 1 aromatic carbocycles. The third-order valence-electron chi connectivity index (χ3n) is 2.17. The molecule has 0 fully saturated rings. The molecule has 80 valence electrons. The number of alkyl halides is 1. The fourth-order valence-corrected chi connectivity index (χ4v) is 1.46. The van der Waals surface area contributed by atoms with E-state index in [1.807, 2.05) is 0 Å². The summed E-state index contributed by atoms with van der Waals surface area (Å²) in [5.74, 6) is 0.483. The van der Waals surface area contributed by atoms with Crippen LogP contribution in [0.3, 0.4) is 0 Å². The predicted molar refractivity (Wildman–Crippen MR) is 50.8 cm³/mol. The van der Waals surface area contributed by atoms with E-state index >= 15 is 0 Å². The highest BCUT2D eigenvalue weighted by Crippen LogP contribution is 2.37. The SMILES string of the molecule is NCC(=O)c1cc(CF)cc2c1OCO2. The molecule has 1 heterocycles. The Morgan fingerprint density at radius 2 is 2.27 bits per heavy atom. The minimum absolute atomic E-state index is 0.0515. The maximum Gasteiger partial charge on any atom is 0.231 e. The number of hydrogen-bond acceptors (Lipinski definition) is 4. The van der Waals surface area contributed by atoms with E-state index < -0.39 is 6.67 Å². The molecule has 1 aliphatic rings. The van der Waals surface area contributed by atoms with E-state index in [2.05, 4.69) is 0 Å². The maximum absolute atomic E-state index is 12.5. The second kappa shape index (κ2) is 3.86. The summed E-state index contributed by atoms with van der Waals surface area (Å²) in [7, 11) is 0. The van der Waals surface area contributed by atoms with Gasteiger partial charge in [-0.25, -0.2) is 4.39 Å². The van der Waals surface area contributed by atoms with Gasteiger partial charge in [0.2, 0.25) is 6.79 Å². The third-order valence-corrected chi connectivity index (χ3v) is 2.17. The number of carbonyl (C=O) groups is 1. The molecular formula is C10H10FNO3. The highest BCUT2D eigenvalue weighted by Gasteiger charge is 2.22. The molecule has 0 amide bonds. The fourth-order valence-electron chi connectivity index (χ4n) is 1.46. The van der Waals surface area contributed by atoms with Gasteiger partial charge in [-0.3, -0.25) is 4.79 Å². The molecule has 0 unspecified atom stereocenters. The van der Waals surface area contributed by atoms with Crippen molar-refractivity contribution in [2.75, 3.05) is 13.3 Å². The number of nitrogens with two attached hydrogens (primary N) is 1. The van der Waals surface area contributed by atoms with Gasteiger partial charge in [-0.2, -0.15) is 0 Å². The summed E-state index contributed by atoms with van der Waals surface area (Å²) < 4.78 is 22.7. The van der Waals surface area contributed by atoms with Crippen LogP contribution in [0.1, 0.15) is 15.9 Å². The lowest BCUT2D eigenvalue weighted by Gasteiger charge is -2.05. The highest BCUT2D eigenvalue weighted by atomic mass is 19.1. The molecule has 1 aromatic rings. The number of ketones is 1. The Hall–Kier alpha value is -1.62. The Kier molecular flexibility index (Phi) is 2.55. The van der Waals surface area contributed by atoms with Gasteiger partial charge >= 0.3 is 0 Å². The van der Waals surface area contributed by atoms with Crippen molar-refractivity contribution in [3.63, 3.8) is 0 Å². The Balaban J connectivity index is 2.52. The first kappa shape index (κ1) is 9.92. The van der Waals surface area contributed by atoms with E-state index in [0.717, 1.165) is 0 Å². The quantitative estimate of drug-likeness (QED) is 0.758. The Morgan fingerprint density at radius 3 is 2.93 bits per heavy atom. The van der Waals surface area contributed by atoms with Crippen molar-refractivity contribution in [3.8, 4) is 11.5 Å². The zero-order chi connectivity index (χ0) is 10.8. The molecule has 0 saturated heterocycles. The van der Waals surface area contributed by atoms with Gasteiger partial charge in [-0.15, -0.1) is 0 Å². The van der Waals surface area contributed by atoms with Crippen LogP contribution in [0.15, 0.2) is 12.1 Å². The van der Waals surface area contributed by atoms with Crippen LogP contribution in [0, 0.1) is 0 Å². The number of carbonyl (C=O) groups excluding carboxylic acids is 1. The topological polar surface area (TPSA) is 61.6 Å². The first-order valence-electron chi connectivity index (χ1n) is 4.48. The monoisotopic (exact) mass is 211 g/mol. The number of ether oxygens (including phenoxy) is 2. The van der Waals surface area contributed by atoms with Crippen LogP contribution >= 0.6 is 0 Å². The van der Waals surface area contributed by atoms with E-state index in [-0.39, 0.29) is 19.1 Å². The summed E-state index contributed by atoms with van der Waals surface area (Å²) in [6.45, 7) is -0.733. The normalized spacial score (nSPS) is 12.9. The standard InChI is InChI=1S/C10H10FNO3/c11-3-6-1-7(8(13)4-12)10-9(2-6)14-5-15-10/h1-2H,3-5,12H2. The molecule has 2 rings (SSSR count). The highest BCUT2D eigenvalue weighted by molar-refractivity contribution is 6.01. The van der Waals surface area contributed by atoms with Crippen molar-refractivity contribution in [1.29, 1.82) is 0 Å². The summed E-state index contributed by atoms with van der Waals surface area (Å²) in [5, 5.41) is 0. The van der Waals surface area contributed by atoms with E-state index in [1.165, 1.54) is 12.1 Å². The first-order valence-corrected chi connectivity index (χ1v) is 4.48. The summed E-state index contributed by atoms with van der Waals surface area (Å²) in [6.07, 6.45) is 0. The number of Topliss-reactive ketones (excluding diaryl/α,β-unsaturated/α-hetero) is 1. The molecule has 0 bridgehead atoms. The first-order chi connectivity index (χ1) is 7.26. The minimum Gasteiger partial charge on any atom is -0.454 e. The Morgan fingerprint density at radius 1 is 1.47 bits per heavy atom. The number of halogens is 1. The molecule has 0 radical (unpaired) electrons. The summed E-state index contributed by atoms with van der Waals surface area (Å²) in [5.41, 5.74) is 5.93. The fraction of sp³-hybridized carbons (Fsp3) is 0.300. The molecule has 0 atom stereocenters. The molecular weight excluding hydrogens is 201 g/mol. The Labute approximate surface area is 85.8 Å². The van der Waals surface area contributed by atoms with E-state index in [9.17, 15) is 9.18 Å². The van der Waals surface area contributed by atoms with Gasteiger partial charge < -0.3 is 15.2 Å². The van der Waals surface area contributed by atoms with Crippen LogP contribution in [0.25, 0.3) is 0 Å². The zero-order valence-corrected chi connectivity index (χ0v) is 7.96. The second-order valence-corrected chi connectivity index (χ2v) is 3.14. The summed E-state index contributed by atoms with van der Waals surface area (Å²) in [6, 6.07) is 2.97. The maximum atomic E-state index is 12.5. The average molecular weight is 211 g/mol. The van der Waals surface area contributed by atoms with Crippen molar-refractivity contribution in [1.82, 2.24) is 0 Å². The van der Waals surface area contributed by atoms with Gasteiger partial charge in [0.1, 0.15) is 6.67 Å². The number of benzene rings is 1. The molecule has 2 N–H and O–H groups in total. The van der Waals surface area contributed by atoms with Crippen LogP contribution in [0.4, 0.5) is 4.39 Å². The van der Waals surface area contributed by atoms with Crippen molar-refractivity contribution >= 4 is 5.78 Å². The van der Waals surface area contributed by atoms with Crippen LogP contribution in [-0.2, 0) is 6.67 Å². The van der Waals surface area contributed by atoms with Crippen molar-refractivity contribution in [2.45, 2.75) is 6.67 Å². The van der Waals surface area contributed by atoms with Gasteiger partial charge in [-0.1, -0.05) is 0 Å². The summed E-state index contributed by atoms with van der Waals surface area (Å²) >= 11 is 0. The molecule has 15 heavy (non-hydrogen) atoms. The van der Waals surface area contributed by atoms with E-state index in [1.54, 1.807) is 0 Å². The second-order valence-electron chi connectivity index (χ2n) is 3.14. The molecule has 0 saturated carbocycles. The lowest BCUT2D eigenvalue weighted by Crippen LogP contribution is -2.14. The van der Waals surface area contributed by atoms with Crippen LogP contribution < -0.4 is 15.2 Å². The molecule has 0 spiro atoms. The van der Waals surface area contributed by atoms with Crippen LogP contribution in [-0.4, -0.2) is 19.1 Å². The molecule has 0 aromatic heterocycles. The van der Waals surface area contributed by atoms with Crippen molar-refractivity contribution < 1.29 is 18.7 Å². The molecule has 4 nitrogen and oxygen atoms in total. The largest absolute Gasteiger partial charge is 0.454 e. The van der Waals surface area contributed by atoms with E-state index in [4.69, 9.17) is 15.2 Å². The van der Waals surface area contributed by atoms with Crippen molar-refractivity contribution in [2.24, 2.45) is 5.73 Å². The van der Waals surface area contributed by atoms with E-state index in [0.29, 0.717) is 22.6 Å². The van der Waals surface area contributed by atoms with Gasteiger partial charge in [0.25, 0.3) is 0 Å². The minimum atomic E-state index is -0.651.